The van der Waals surface area contributed by atoms with Crippen LogP contribution in [0.2, 0.25) is 0 Å². The first-order valence-electron chi connectivity index (χ1n) is 10.6. The van der Waals surface area contributed by atoms with Crippen molar-refractivity contribution in [3.8, 4) is 0 Å². The standard InChI is InChI=1S/C21H35N5O2/c1-15(11-20(28)26-9-7-5-6-8-10-26)22-13-17-12-19(27)24(3)21(17)18-14-23-25(4)16(18)2/h14-15,17,21-22H,5-13H2,1-4H3/t15-,17+,21-/m1/s1. The maximum atomic E-state index is 12.6. The molecule has 0 aromatic carbocycles. The van der Waals surface area contributed by atoms with Crippen LogP contribution in [0, 0.1) is 12.8 Å². The van der Waals surface area contributed by atoms with E-state index in [4.69, 9.17) is 0 Å². The lowest BCUT2D eigenvalue weighted by Gasteiger charge is -2.27. The second-order valence-corrected chi connectivity index (χ2v) is 8.53. The van der Waals surface area contributed by atoms with E-state index in [1.54, 1.807) is 0 Å². The highest BCUT2D eigenvalue weighted by atomic mass is 16.2. The average Bonchev–Trinajstić information content (AvgIpc) is 3.00. The normalized spacial score (nSPS) is 24.5. The molecular formula is C21H35N5O2. The summed E-state index contributed by atoms with van der Waals surface area (Å²) in [7, 11) is 3.81. The average molecular weight is 390 g/mol. The molecule has 0 saturated carbocycles. The predicted octanol–water partition coefficient (Wildman–Crippen LogP) is 2.02. The van der Waals surface area contributed by atoms with Gasteiger partial charge in [-0.15, -0.1) is 0 Å². The fraction of sp³-hybridized carbons (Fsp3) is 0.762. The quantitative estimate of drug-likeness (QED) is 0.808. The summed E-state index contributed by atoms with van der Waals surface area (Å²) in [6.45, 7) is 6.64. The number of carbonyl (C=O) groups is 2. The Morgan fingerprint density at radius 3 is 2.54 bits per heavy atom. The van der Waals surface area contributed by atoms with Crippen molar-refractivity contribution in [2.45, 2.75) is 64.5 Å². The maximum absolute atomic E-state index is 12.6. The van der Waals surface area contributed by atoms with Gasteiger partial charge < -0.3 is 15.1 Å². The monoisotopic (exact) mass is 389 g/mol. The van der Waals surface area contributed by atoms with Gasteiger partial charge in [-0.2, -0.15) is 5.10 Å². The Labute approximate surface area is 168 Å². The SMILES string of the molecule is Cc1c([C@H]2[C@H](CN[C@H](C)CC(=O)N3CCCCCC3)CC(=O)N2C)cnn1C. The molecule has 3 atom stereocenters. The molecule has 3 heterocycles. The summed E-state index contributed by atoms with van der Waals surface area (Å²) >= 11 is 0. The lowest BCUT2D eigenvalue weighted by Crippen LogP contribution is -2.39. The first kappa shape index (κ1) is 20.8. The van der Waals surface area contributed by atoms with Crippen LogP contribution in [0.1, 0.15) is 62.7 Å². The Morgan fingerprint density at radius 1 is 1.25 bits per heavy atom. The Bertz CT molecular complexity index is 693. The summed E-state index contributed by atoms with van der Waals surface area (Å²) in [6, 6.07) is 0.148. The van der Waals surface area contributed by atoms with E-state index in [2.05, 4.69) is 17.3 Å². The minimum Gasteiger partial charge on any atom is -0.343 e. The number of nitrogens with one attached hydrogen (secondary N) is 1. The third kappa shape index (κ3) is 4.57. The first-order chi connectivity index (χ1) is 13.4. The van der Waals surface area contributed by atoms with Crippen LogP contribution in [0.15, 0.2) is 6.20 Å². The molecule has 0 radical (unpaired) electrons. The Balaban J connectivity index is 1.56. The number of nitrogens with zero attached hydrogens (tertiary/aromatic N) is 4. The first-order valence-corrected chi connectivity index (χ1v) is 10.6. The fourth-order valence-corrected chi connectivity index (χ4v) is 4.54. The molecule has 2 aliphatic rings. The molecule has 2 aliphatic heterocycles. The van der Waals surface area contributed by atoms with Crippen LogP contribution < -0.4 is 5.32 Å². The van der Waals surface area contributed by atoms with E-state index >= 15 is 0 Å². The molecule has 2 fully saturated rings. The maximum Gasteiger partial charge on any atom is 0.224 e. The van der Waals surface area contributed by atoms with Gasteiger partial charge in [0.1, 0.15) is 0 Å². The molecule has 156 valence electrons. The molecule has 2 saturated heterocycles. The molecule has 7 nitrogen and oxygen atoms in total. The van der Waals surface area contributed by atoms with E-state index in [0.717, 1.165) is 43.7 Å². The number of rotatable bonds is 6. The highest BCUT2D eigenvalue weighted by Gasteiger charge is 2.39. The Hall–Kier alpha value is -1.89. The van der Waals surface area contributed by atoms with E-state index in [1.165, 1.54) is 12.8 Å². The van der Waals surface area contributed by atoms with Gasteiger partial charge in [0.15, 0.2) is 0 Å². The molecule has 7 heteroatoms. The zero-order chi connectivity index (χ0) is 20.3. The summed E-state index contributed by atoms with van der Waals surface area (Å²) in [4.78, 5) is 28.8. The minimum atomic E-state index is 0.0437. The summed E-state index contributed by atoms with van der Waals surface area (Å²) < 4.78 is 1.86. The predicted molar refractivity (Wildman–Crippen MR) is 109 cm³/mol. The van der Waals surface area contributed by atoms with Crippen LogP contribution >= 0.6 is 0 Å². The van der Waals surface area contributed by atoms with Crippen molar-refractivity contribution in [2.75, 3.05) is 26.7 Å². The molecule has 1 N–H and O–H groups in total. The van der Waals surface area contributed by atoms with Crippen molar-refractivity contribution >= 4 is 11.8 Å². The third-order valence-corrected chi connectivity index (χ3v) is 6.45. The van der Waals surface area contributed by atoms with E-state index in [-0.39, 0.29) is 29.8 Å². The molecule has 0 aliphatic carbocycles. The number of carbonyl (C=O) groups excluding carboxylic acids is 2. The van der Waals surface area contributed by atoms with Crippen LogP contribution in [0.4, 0.5) is 0 Å². The number of hydrogen-bond acceptors (Lipinski definition) is 4. The highest BCUT2D eigenvalue weighted by molar-refractivity contribution is 5.79. The van der Waals surface area contributed by atoms with Crippen LogP contribution in [-0.2, 0) is 16.6 Å². The second-order valence-electron chi connectivity index (χ2n) is 8.53. The van der Waals surface area contributed by atoms with E-state index in [9.17, 15) is 9.59 Å². The van der Waals surface area contributed by atoms with Gasteiger partial charge in [0.05, 0.1) is 12.2 Å². The van der Waals surface area contributed by atoms with Gasteiger partial charge in [-0.05, 0) is 26.7 Å². The number of aromatic nitrogens is 2. The fourth-order valence-electron chi connectivity index (χ4n) is 4.54. The molecule has 1 aromatic heterocycles. The number of likely N-dealkylation sites (tertiary alicyclic amines) is 2. The molecule has 2 amide bonds. The van der Waals surface area contributed by atoms with Crippen LogP contribution in [0.5, 0.6) is 0 Å². The number of aryl methyl sites for hydroxylation is 1. The van der Waals surface area contributed by atoms with Crippen LogP contribution in [0.3, 0.4) is 0 Å². The summed E-state index contributed by atoms with van der Waals surface area (Å²) in [5.74, 6) is 0.616. The van der Waals surface area contributed by atoms with Crippen molar-refractivity contribution in [1.82, 2.24) is 24.9 Å². The smallest absolute Gasteiger partial charge is 0.224 e. The highest BCUT2D eigenvalue weighted by Crippen LogP contribution is 2.37. The lowest BCUT2D eigenvalue weighted by molar-refractivity contribution is -0.131. The molecule has 28 heavy (non-hydrogen) atoms. The topological polar surface area (TPSA) is 70.5 Å². The van der Waals surface area contributed by atoms with Crippen molar-refractivity contribution < 1.29 is 9.59 Å². The van der Waals surface area contributed by atoms with Gasteiger partial charge in [0, 0.05) is 69.8 Å². The summed E-state index contributed by atoms with van der Waals surface area (Å²) in [5, 5.41) is 7.88. The molecular weight excluding hydrogens is 354 g/mol. The van der Waals surface area contributed by atoms with Crippen molar-refractivity contribution in [3.05, 3.63) is 17.5 Å². The van der Waals surface area contributed by atoms with Gasteiger partial charge in [0.25, 0.3) is 0 Å². The lowest BCUT2D eigenvalue weighted by atomic mass is 9.93. The second kappa shape index (κ2) is 9.07. The van der Waals surface area contributed by atoms with Gasteiger partial charge in [0.2, 0.25) is 11.8 Å². The van der Waals surface area contributed by atoms with Crippen LogP contribution in [0.25, 0.3) is 0 Å². The number of hydrogen-bond donors (Lipinski definition) is 1. The molecule has 1 aromatic rings. The molecule has 0 spiro atoms. The van der Waals surface area contributed by atoms with Crippen LogP contribution in [-0.4, -0.2) is 64.1 Å². The van der Waals surface area contributed by atoms with Crippen molar-refractivity contribution in [3.63, 3.8) is 0 Å². The molecule has 3 rings (SSSR count). The Morgan fingerprint density at radius 2 is 1.93 bits per heavy atom. The summed E-state index contributed by atoms with van der Waals surface area (Å²) in [5.41, 5.74) is 2.22. The van der Waals surface area contributed by atoms with Crippen molar-refractivity contribution in [2.24, 2.45) is 13.0 Å². The summed E-state index contributed by atoms with van der Waals surface area (Å²) in [6.07, 6.45) is 7.65. The Kier molecular flexibility index (Phi) is 6.75. The van der Waals surface area contributed by atoms with Gasteiger partial charge in [-0.3, -0.25) is 14.3 Å². The van der Waals surface area contributed by atoms with Gasteiger partial charge in [-0.1, -0.05) is 12.8 Å². The number of amides is 2. The minimum absolute atomic E-state index is 0.0437. The van der Waals surface area contributed by atoms with E-state index in [0.29, 0.717) is 12.8 Å². The van der Waals surface area contributed by atoms with Crippen molar-refractivity contribution in [1.29, 1.82) is 0 Å². The molecule has 0 unspecified atom stereocenters. The zero-order valence-corrected chi connectivity index (χ0v) is 17.8. The van der Waals surface area contributed by atoms with Gasteiger partial charge in [-0.25, -0.2) is 0 Å². The zero-order valence-electron chi connectivity index (χ0n) is 17.8. The van der Waals surface area contributed by atoms with E-state index < -0.39 is 0 Å². The largest absolute Gasteiger partial charge is 0.343 e. The van der Waals surface area contributed by atoms with Gasteiger partial charge >= 0.3 is 0 Å². The van der Waals surface area contributed by atoms with E-state index in [1.807, 2.05) is 41.7 Å². The molecule has 0 bridgehead atoms. The third-order valence-electron chi connectivity index (χ3n) is 6.45.